The largest absolute Gasteiger partial charge is 0.481 e. The van der Waals surface area contributed by atoms with Gasteiger partial charge in [0.05, 0.1) is 10.9 Å². The molecule has 1 aromatic rings. The number of halogens is 2. The van der Waals surface area contributed by atoms with Crippen molar-refractivity contribution in [3.63, 3.8) is 0 Å². The third kappa shape index (κ3) is 3.02. The lowest BCUT2D eigenvalue weighted by atomic mass is 9.99. The lowest BCUT2D eigenvalue weighted by Crippen LogP contribution is -2.04. The summed E-state index contributed by atoms with van der Waals surface area (Å²) in [6.45, 7) is 3.95. The molecule has 2 nitrogen and oxygen atoms in total. The molecule has 82 valence electrons. The van der Waals surface area contributed by atoms with Crippen LogP contribution < -0.4 is 0 Å². The lowest BCUT2D eigenvalue weighted by Gasteiger charge is -2.10. The first-order chi connectivity index (χ1) is 6.91. The Morgan fingerprint density at radius 2 is 2.13 bits per heavy atom. The second-order valence-corrected chi connectivity index (χ2v) is 4.56. The van der Waals surface area contributed by atoms with Crippen LogP contribution in [0.15, 0.2) is 16.6 Å². The Labute approximate surface area is 96.2 Å². The molecule has 1 N–H and O–H groups in total. The summed E-state index contributed by atoms with van der Waals surface area (Å²) in [5, 5.41) is 8.63. The van der Waals surface area contributed by atoms with Gasteiger partial charge in [0.1, 0.15) is 5.82 Å². The third-order valence-electron chi connectivity index (χ3n) is 2.13. The number of carboxylic acids is 1. The Morgan fingerprint density at radius 3 is 2.60 bits per heavy atom. The van der Waals surface area contributed by atoms with E-state index < -0.39 is 11.8 Å². The highest BCUT2D eigenvalue weighted by Crippen LogP contribution is 2.26. The van der Waals surface area contributed by atoms with Crippen LogP contribution in [0, 0.1) is 5.82 Å². The highest BCUT2D eigenvalue weighted by atomic mass is 79.9. The van der Waals surface area contributed by atoms with Crippen LogP contribution in [0.3, 0.4) is 0 Å². The average molecular weight is 275 g/mol. The molecule has 0 fully saturated rings. The average Bonchev–Trinajstić information content (AvgIpc) is 2.11. The number of benzene rings is 1. The maximum atomic E-state index is 13.5. The lowest BCUT2D eigenvalue weighted by molar-refractivity contribution is -0.136. The minimum absolute atomic E-state index is 0.223. The summed E-state index contributed by atoms with van der Waals surface area (Å²) >= 11 is 3.09. The summed E-state index contributed by atoms with van der Waals surface area (Å²) in [5.41, 5.74) is 1.15. The van der Waals surface area contributed by atoms with E-state index in [0.717, 1.165) is 5.56 Å². The fraction of sp³-hybridized carbons (Fsp3) is 0.364. The number of carboxylic acid groups (broad SMARTS) is 1. The van der Waals surface area contributed by atoms with E-state index in [9.17, 15) is 9.18 Å². The number of rotatable bonds is 3. The van der Waals surface area contributed by atoms with Crippen molar-refractivity contribution in [3.05, 3.63) is 33.5 Å². The van der Waals surface area contributed by atoms with Crippen LogP contribution in [0.1, 0.15) is 30.9 Å². The summed E-state index contributed by atoms with van der Waals surface area (Å²) in [4.78, 5) is 10.5. The number of hydrogen-bond acceptors (Lipinski definition) is 1. The van der Waals surface area contributed by atoms with Crippen LogP contribution in [-0.4, -0.2) is 11.1 Å². The fourth-order valence-corrected chi connectivity index (χ4v) is 1.81. The van der Waals surface area contributed by atoms with E-state index in [2.05, 4.69) is 15.9 Å². The zero-order valence-corrected chi connectivity index (χ0v) is 10.1. The quantitative estimate of drug-likeness (QED) is 0.918. The maximum absolute atomic E-state index is 13.5. The van der Waals surface area contributed by atoms with Crippen molar-refractivity contribution in [2.24, 2.45) is 0 Å². The molecule has 0 radical (unpaired) electrons. The number of aliphatic carboxylic acids is 1. The van der Waals surface area contributed by atoms with Gasteiger partial charge in [-0.3, -0.25) is 4.79 Å². The van der Waals surface area contributed by atoms with Gasteiger partial charge in [-0.1, -0.05) is 19.9 Å². The van der Waals surface area contributed by atoms with Crippen LogP contribution in [0.2, 0.25) is 0 Å². The third-order valence-corrected chi connectivity index (χ3v) is 2.71. The minimum Gasteiger partial charge on any atom is -0.481 e. The van der Waals surface area contributed by atoms with Crippen molar-refractivity contribution >= 4 is 21.9 Å². The van der Waals surface area contributed by atoms with Crippen LogP contribution in [0.4, 0.5) is 4.39 Å². The zero-order chi connectivity index (χ0) is 11.6. The van der Waals surface area contributed by atoms with Gasteiger partial charge in [0.2, 0.25) is 0 Å². The molecule has 0 spiro atoms. The van der Waals surface area contributed by atoms with Crippen LogP contribution >= 0.6 is 15.9 Å². The number of carbonyl (C=O) groups is 1. The van der Waals surface area contributed by atoms with E-state index in [1.165, 1.54) is 0 Å². The second kappa shape index (κ2) is 4.75. The molecule has 1 rings (SSSR count). The molecule has 1 aromatic carbocycles. The summed E-state index contributed by atoms with van der Waals surface area (Å²) in [6, 6.07) is 3.30. The number of hydrogen-bond donors (Lipinski definition) is 1. The molecule has 0 aliphatic carbocycles. The summed E-state index contributed by atoms with van der Waals surface area (Å²) in [7, 11) is 0. The smallest absolute Gasteiger partial charge is 0.307 e. The van der Waals surface area contributed by atoms with Gasteiger partial charge in [0.15, 0.2) is 0 Å². The van der Waals surface area contributed by atoms with Crippen molar-refractivity contribution in [2.45, 2.75) is 26.2 Å². The molecule has 0 aliphatic rings. The van der Waals surface area contributed by atoms with Gasteiger partial charge in [-0.15, -0.1) is 0 Å². The Bertz CT molecular complexity index is 388. The minimum atomic E-state index is -1.03. The van der Waals surface area contributed by atoms with Gasteiger partial charge < -0.3 is 5.11 Å². The molecule has 0 aromatic heterocycles. The van der Waals surface area contributed by atoms with Crippen molar-refractivity contribution in [2.75, 3.05) is 0 Å². The SMILES string of the molecule is CC(C)c1cc(Br)c(F)c(CC(=O)O)c1. The van der Waals surface area contributed by atoms with Crippen LogP contribution in [-0.2, 0) is 11.2 Å². The van der Waals surface area contributed by atoms with Gasteiger partial charge in [-0.05, 0) is 33.5 Å². The molecule has 0 bridgehead atoms. The van der Waals surface area contributed by atoms with Gasteiger partial charge in [-0.25, -0.2) is 4.39 Å². The summed E-state index contributed by atoms with van der Waals surface area (Å²) in [5.74, 6) is -1.27. The van der Waals surface area contributed by atoms with Gasteiger partial charge in [-0.2, -0.15) is 0 Å². The van der Waals surface area contributed by atoms with E-state index in [-0.39, 0.29) is 17.9 Å². The van der Waals surface area contributed by atoms with Crippen LogP contribution in [0.5, 0.6) is 0 Å². The Hall–Kier alpha value is -0.900. The highest BCUT2D eigenvalue weighted by molar-refractivity contribution is 9.10. The van der Waals surface area contributed by atoms with Gasteiger partial charge in [0.25, 0.3) is 0 Å². The predicted octanol–water partition coefficient (Wildman–Crippen LogP) is 3.34. The van der Waals surface area contributed by atoms with Crippen molar-refractivity contribution in [1.82, 2.24) is 0 Å². The monoisotopic (exact) mass is 274 g/mol. The van der Waals surface area contributed by atoms with E-state index >= 15 is 0 Å². The van der Waals surface area contributed by atoms with Gasteiger partial charge in [0, 0.05) is 5.56 Å². The second-order valence-electron chi connectivity index (χ2n) is 3.70. The normalized spacial score (nSPS) is 10.7. The molecular formula is C11H12BrFO2. The first-order valence-corrected chi connectivity index (χ1v) is 5.40. The molecule has 0 saturated heterocycles. The van der Waals surface area contributed by atoms with Crippen molar-refractivity contribution in [1.29, 1.82) is 0 Å². The molecular weight excluding hydrogens is 263 g/mol. The van der Waals surface area contributed by atoms with Gasteiger partial charge >= 0.3 is 5.97 Å². The molecule has 0 aliphatic heterocycles. The molecule has 0 unspecified atom stereocenters. The molecule has 0 atom stereocenters. The predicted molar refractivity (Wildman–Crippen MR) is 59.5 cm³/mol. The maximum Gasteiger partial charge on any atom is 0.307 e. The Kier molecular flexibility index (Phi) is 3.85. The first-order valence-electron chi connectivity index (χ1n) is 4.61. The van der Waals surface area contributed by atoms with Crippen LogP contribution in [0.25, 0.3) is 0 Å². The molecule has 15 heavy (non-hydrogen) atoms. The van der Waals surface area contributed by atoms with E-state index in [4.69, 9.17) is 5.11 Å². The zero-order valence-electron chi connectivity index (χ0n) is 8.55. The topological polar surface area (TPSA) is 37.3 Å². The summed E-state index contributed by atoms with van der Waals surface area (Å²) in [6.07, 6.45) is -0.287. The van der Waals surface area contributed by atoms with E-state index in [1.807, 2.05) is 13.8 Å². The first kappa shape index (κ1) is 12.2. The van der Waals surface area contributed by atoms with E-state index in [1.54, 1.807) is 12.1 Å². The van der Waals surface area contributed by atoms with E-state index in [0.29, 0.717) is 4.47 Å². The Balaban J connectivity index is 3.18. The standard InChI is InChI=1S/C11H12BrFO2/c1-6(2)7-3-8(5-10(14)15)11(13)9(12)4-7/h3-4,6H,5H2,1-2H3,(H,14,15). The van der Waals surface area contributed by atoms with Crippen molar-refractivity contribution < 1.29 is 14.3 Å². The molecule has 0 heterocycles. The Morgan fingerprint density at radius 1 is 1.53 bits per heavy atom. The van der Waals surface area contributed by atoms with Crippen molar-refractivity contribution in [3.8, 4) is 0 Å². The fourth-order valence-electron chi connectivity index (χ4n) is 1.29. The summed E-state index contributed by atoms with van der Waals surface area (Å²) < 4.78 is 13.8. The molecule has 0 saturated carbocycles. The molecule has 4 heteroatoms. The molecule has 0 amide bonds. The highest BCUT2D eigenvalue weighted by Gasteiger charge is 2.13.